The Labute approximate surface area is 193 Å². The van der Waals surface area contributed by atoms with Crippen molar-refractivity contribution in [3.8, 4) is 0 Å². The van der Waals surface area contributed by atoms with E-state index in [0.29, 0.717) is 0 Å². The number of carbonyl (C=O) groups is 1. The Balaban J connectivity index is 1.11. The summed E-state index contributed by atoms with van der Waals surface area (Å²) in [4.78, 5) is 22.3. The number of nitrogens with one attached hydrogen (secondary N) is 1. The highest BCUT2D eigenvalue weighted by atomic mass is 16.1. The van der Waals surface area contributed by atoms with Gasteiger partial charge in [0, 0.05) is 64.8 Å². The second kappa shape index (κ2) is 11.8. The molecule has 32 heavy (non-hydrogen) atoms. The van der Waals surface area contributed by atoms with E-state index in [1.807, 2.05) is 0 Å². The molecule has 0 atom stereocenters. The first-order chi connectivity index (χ1) is 15.7. The number of rotatable bonds is 9. The summed E-state index contributed by atoms with van der Waals surface area (Å²) < 4.78 is 0. The first kappa shape index (κ1) is 23.2. The van der Waals surface area contributed by atoms with Crippen LogP contribution in [0.2, 0.25) is 0 Å². The molecule has 1 amide bonds. The SMILES string of the molecule is CCCN1CCN(CCCNC(=O)C2CCN(c3ccc(N4CCCC4)nn3)CC2)CC1. The molecule has 1 aromatic heterocycles. The number of carbonyl (C=O) groups excluding carboxylic acids is 1. The van der Waals surface area contributed by atoms with Gasteiger partial charge in [-0.25, -0.2) is 0 Å². The van der Waals surface area contributed by atoms with Crippen LogP contribution in [0.1, 0.15) is 45.4 Å². The summed E-state index contributed by atoms with van der Waals surface area (Å²) in [7, 11) is 0. The van der Waals surface area contributed by atoms with Crippen molar-refractivity contribution in [1.29, 1.82) is 0 Å². The molecule has 0 bridgehead atoms. The fourth-order valence-corrected chi connectivity index (χ4v) is 5.18. The van der Waals surface area contributed by atoms with Gasteiger partial charge in [0.15, 0.2) is 11.6 Å². The van der Waals surface area contributed by atoms with Gasteiger partial charge >= 0.3 is 0 Å². The molecule has 0 radical (unpaired) electrons. The second-order valence-electron chi connectivity index (χ2n) is 9.53. The molecule has 8 heteroatoms. The van der Waals surface area contributed by atoms with Gasteiger partial charge in [0.2, 0.25) is 5.91 Å². The Hall–Kier alpha value is -1.93. The first-order valence-corrected chi connectivity index (χ1v) is 12.8. The lowest BCUT2D eigenvalue weighted by molar-refractivity contribution is -0.125. The van der Waals surface area contributed by atoms with Crippen LogP contribution in [0.25, 0.3) is 0 Å². The zero-order valence-electron chi connectivity index (χ0n) is 19.8. The van der Waals surface area contributed by atoms with Gasteiger partial charge in [-0.3, -0.25) is 4.79 Å². The maximum atomic E-state index is 12.6. The molecule has 4 heterocycles. The number of aromatic nitrogens is 2. The summed E-state index contributed by atoms with van der Waals surface area (Å²) in [5.74, 6) is 2.28. The van der Waals surface area contributed by atoms with Crippen molar-refractivity contribution in [2.45, 2.75) is 45.4 Å². The maximum absolute atomic E-state index is 12.6. The molecule has 0 spiro atoms. The average molecular weight is 444 g/mol. The highest BCUT2D eigenvalue weighted by Crippen LogP contribution is 2.23. The van der Waals surface area contributed by atoms with E-state index in [0.717, 1.165) is 83.3 Å². The minimum Gasteiger partial charge on any atom is -0.356 e. The van der Waals surface area contributed by atoms with Gasteiger partial charge in [0.05, 0.1) is 0 Å². The van der Waals surface area contributed by atoms with E-state index in [4.69, 9.17) is 0 Å². The van der Waals surface area contributed by atoms with Crippen molar-refractivity contribution < 1.29 is 4.79 Å². The van der Waals surface area contributed by atoms with Crippen molar-refractivity contribution in [1.82, 2.24) is 25.3 Å². The van der Waals surface area contributed by atoms with Crippen molar-refractivity contribution in [3.05, 3.63) is 12.1 Å². The fraction of sp³-hybridized carbons (Fsp3) is 0.792. The Kier molecular flexibility index (Phi) is 8.56. The monoisotopic (exact) mass is 443 g/mol. The van der Waals surface area contributed by atoms with Gasteiger partial charge in [-0.15, -0.1) is 10.2 Å². The van der Waals surface area contributed by atoms with Crippen LogP contribution in [0.3, 0.4) is 0 Å². The number of hydrogen-bond donors (Lipinski definition) is 1. The predicted octanol–water partition coefficient (Wildman–Crippen LogP) is 1.83. The molecule has 3 aliphatic rings. The minimum atomic E-state index is 0.126. The van der Waals surface area contributed by atoms with E-state index in [1.165, 1.54) is 38.9 Å². The number of piperazine rings is 1. The zero-order chi connectivity index (χ0) is 22.2. The number of piperidine rings is 1. The fourth-order valence-electron chi connectivity index (χ4n) is 5.18. The molecule has 0 aliphatic carbocycles. The minimum absolute atomic E-state index is 0.126. The number of amides is 1. The van der Waals surface area contributed by atoms with Gasteiger partial charge in [-0.2, -0.15) is 0 Å². The van der Waals surface area contributed by atoms with Crippen LogP contribution in [0.5, 0.6) is 0 Å². The van der Waals surface area contributed by atoms with Crippen LogP contribution in [0, 0.1) is 5.92 Å². The number of anilines is 2. The number of hydrogen-bond acceptors (Lipinski definition) is 7. The Morgan fingerprint density at radius 2 is 1.44 bits per heavy atom. The van der Waals surface area contributed by atoms with Crippen LogP contribution < -0.4 is 15.1 Å². The van der Waals surface area contributed by atoms with Crippen molar-refractivity contribution in [2.24, 2.45) is 5.92 Å². The van der Waals surface area contributed by atoms with Gasteiger partial charge in [0.25, 0.3) is 0 Å². The number of nitrogens with zero attached hydrogens (tertiary/aromatic N) is 6. The highest BCUT2D eigenvalue weighted by Gasteiger charge is 2.26. The normalized spacial score (nSPS) is 21.3. The second-order valence-corrected chi connectivity index (χ2v) is 9.53. The van der Waals surface area contributed by atoms with Gasteiger partial charge in [-0.05, 0) is 63.7 Å². The molecule has 0 unspecified atom stereocenters. The Bertz CT molecular complexity index is 691. The molecule has 8 nitrogen and oxygen atoms in total. The average Bonchev–Trinajstić information content (AvgIpc) is 3.38. The standard InChI is InChI=1S/C24H41N7O/c1-2-11-28-17-19-29(20-18-28)12-5-10-25-24(32)21-8-15-31(16-9-21)23-7-6-22(26-27-23)30-13-3-4-14-30/h6-7,21H,2-5,8-20H2,1H3,(H,25,32). The molecule has 3 aliphatic heterocycles. The smallest absolute Gasteiger partial charge is 0.223 e. The molecule has 4 rings (SSSR count). The third-order valence-corrected chi connectivity index (χ3v) is 7.21. The molecular weight excluding hydrogens is 402 g/mol. The largest absolute Gasteiger partial charge is 0.356 e. The summed E-state index contributed by atoms with van der Waals surface area (Å²) in [6.07, 6.45) is 6.55. The summed E-state index contributed by atoms with van der Waals surface area (Å²) in [6, 6.07) is 4.18. The van der Waals surface area contributed by atoms with Gasteiger partial charge in [0.1, 0.15) is 0 Å². The zero-order valence-corrected chi connectivity index (χ0v) is 19.8. The lowest BCUT2D eigenvalue weighted by atomic mass is 9.96. The van der Waals surface area contributed by atoms with Crippen molar-refractivity contribution in [3.63, 3.8) is 0 Å². The van der Waals surface area contributed by atoms with E-state index >= 15 is 0 Å². The van der Waals surface area contributed by atoms with Crippen LogP contribution >= 0.6 is 0 Å². The van der Waals surface area contributed by atoms with Crippen LogP contribution in [0.4, 0.5) is 11.6 Å². The van der Waals surface area contributed by atoms with Gasteiger partial charge in [-0.1, -0.05) is 6.92 Å². The maximum Gasteiger partial charge on any atom is 0.223 e. The quantitative estimate of drug-likeness (QED) is 0.584. The predicted molar refractivity (Wildman–Crippen MR) is 129 cm³/mol. The topological polar surface area (TPSA) is 67.8 Å². The highest BCUT2D eigenvalue weighted by molar-refractivity contribution is 5.78. The van der Waals surface area contributed by atoms with Crippen LogP contribution in [-0.4, -0.2) is 97.9 Å². The van der Waals surface area contributed by atoms with Crippen molar-refractivity contribution in [2.75, 3.05) is 81.8 Å². The van der Waals surface area contributed by atoms with E-state index in [9.17, 15) is 4.79 Å². The molecule has 3 fully saturated rings. The molecule has 178 valence electrons. The third kappa shape index (κ3) is 6.32. The van der Waals surface area contributed by atoms with Gasteiger partial charge < -0.3 is 24.9 Å². The van der Waals surface area contributed by atoms with Crippen molar-refractivity contribution >= 4 is 17.5 Å². The molecule has 0 saturated carbocycles. The Morgan fingerprint density at radius 3 is 2.00 bits per heavy atom. The molecule has 1 aromatic rings. The van der Waals surface area contributed by atoms with Crippen LogP contribution in [0.15, 0.2) is 12.1 Å². The molecular formula is C24H41N7O. The lowest BCUT2D eigenvalue weighted by Crippen LogP contribution is -2.47. The van der Waals surface area contributed by atoms with E-state index in [2.05, 4.69) is 54.2 Å². The third-order valence-electron chi connectivity index (χ3n) is 7.21. The Morgan fingerprint density at radius 1 is 0.875 bits per heavy atom. The van der Waals surface area contributed by atoms with Crippen LogP contribution in [-0.2, 0) is 4.79 Å². The molecule has 1 N–H and O–H groups in total. The summed E-state index contributed by atoms with van der Waals surface area (Å²) in [6.45, 7) is 14.0. The summed E-state index contributed by atoms with van der Waals surface area (Å²) >= 11 is 0. The van der Waals surface area contributed by atoms with E-state index < -0.39 is 0 Å². The van der Waals surface area contributed by atoms with E-state index in [-0.39, 0.29) is 11.8 Å². The first-order valence-electron chi connectivity index (χ1n) is 12.8. The summed E-state index contributed by atoms with van der Waals surface area (Å²) in [5.41, 5.74) is 0. The molecule has 0 aromatic carbocycles. The molecule has 3 saturated heterocycles. The summed E-state index contributed by atoms with van der Waals surface area (Å²) in [5, 5.41) is 12.1. The lowest BCUT2D eigenvalue weighted by Gasteiger charge is -2.34. The van der Waals surface area contributed by atoms with E-state index in [1.54, 1.807) is 0 Å².